The fraction of sp³-hybridized carbons (Fsp3) is 1.00. The SMILES string of the molecule is CC(CC1OOCC1C)CC(C)(C)C. The summed E-state index contributed by atoms with van der Waals surface area (Å²) in [6.45, 7) is 12.1. The first-order valence-electron chi connectivity index (χ1n) is 5.67. The van der Waals surface area contributed by atoms with Gasteiger partial charge in [0, 0.05) is 5.92 Å². The molecule has 0 bridgehead atoms. The minimum Gasteiger partial charge on any atom is -0.236 e. The summed E-state index contributed by atoms with van der Waals surface area (Å²) in [5, 5.41) is 0. The highest BCUT2D eigenvalue weighted by Gasteiger charge is 2.28. The molecule has 0 aromatic heterocycles. The van der Waals surface area contributed by atoms with E-state index in [0.29, 0.717) is 23.4 Å². The lowest BCUT2D eigenvalue weighted by Crippen LogP contribution is -2.20. The standard InChI is InChI=1S/C12H24O2/c1-9(7-12(3,4)5)6-11-10(2)8-13-14-11/h9-11H,6-8H2,1-5H3. The molecule has 1 aliphatic rings. The molecule has 0 aromatic rings. The largest absolute Gasteiger partial charge is 0.236 e. The van der Waals surface area contributed by atoms with Crippen molar-refractivity contribution >= 4 is 0 Å². The van der Waals surface area contributed by atoms with Gasteiger partial charge in [-0.25, -0.2) is 9.78 Å². The van der Waals surface area contributed by atoms with Gasteiger partial charge in [-0.3, -0.25) is 0 Å². The third-order valence-corrected chi connectivity index (χ3v) is 2.75. The fourth-order valence-electron chi connectivity index (χ4n) is 2.23. The lowest BCUT2D eigenvalue weighted by atomic mass is 9.82. The third-order valence-electron chi connectivity index (χ3n) is 2.75. The summed E-state index contributed by atoms with van der Waals surface area (Å²) in [5.74, 6) is 1.27. The molecule has 1 heterocycles. The van der Waals surface area contributed by atoms with E-state index in [1.54, 1.807) is 0 Å². The van der Waals surface area contributed by atoms with Crippen molar-refractivity contribution in [3.05, 3.63) is 0 Å². The van der Waals surface area contributed by atoms with E-state index in [1.807, 2.05) is 0 Å². The zero-order valence-electron chi connectivity index (χ0n) is 10.2. The quantitative estimate of drug-likeness (QED) is 0.650. The van der Waals surface area contributed by atoms with Gasteiger partial charge in [0.25, 0.3) is 0 Å². The average molecular weight is 200 g/mol. The first-order chi connectivity index (χ1) is 6.38. The first kappa shape index (κ1) is 12.0. The van der Waals surface area contributed by atoms with Gasteiger partial charge in [0.1, 0.15) is 0 Å². The molecule has 14 heavy (non-hydrogen) atoms. The molecule has 84 valence electrons. The Bertz CT molecular complexity index is 172. The van der Waals surface area contributed by atoms with E-state index in [1.165, 1.54) is 6.42 Å². The Morgan fingerprint density at radius 2 is 2.00 bits per heavy atom. The minimum absolute atomic E-state index is 0.312. The summed E-state index contributed by atoms with van der Waals surface area (Å²) in [6, 6.07) is 0. The molecular formula is C12H24O2. The van der Waals surface area contributed by atoms with Gasteiger partial charge in [0.2, 0.25) is 0 Å². The fourth-order valence-corrected chi connectivity index (χ4v) is 2.23. The van der Waals surface area contributed by atoms with Crippen LogP contribution in [0.2, 0.25) is 0 Å². The summed E-state index contributed by atoms with van der Waals surface area (Å²) in [4.78, 5) is 10.3. The maximum atomic E-state index is 5.25. The molecule has 3 atom stereocenters. The van der Waals surface area contributed by atoms with E-state index >= 15 is 0 Å². The second kappa shape index (κ2) is 4.63. The Morgan fingerprint density at radius 1 is 1.36 bits per heavy atom. The van der Waals surface area contributed by atoms with E-state index in [2.05, 4.69) is 34.6 Å². The molecule has 0 aliphatic carbocycles. The van der Waals surface area contributed by atoms with Crippen LogP contribution in [0, 0.1) is 17.3 Å². The number of hydrogen-bond donors (Lipinski definition) is 0. The second-order valence-corrected chi connectivity index (χ2v) is 6.00. The van der Waals surface area contributed by atoms with Gasteiger partial charge >= 0.3 is 0 Å². The van der Waals surface area contributed by atoms with Crippen molar-refractivity contribution in [2.24, 2.45) is 17.3 Å². The maximum Gasteiger partial charge on any atom is 0.0981 e. The molecule has 0 aromatic carbocycles. The van der Waals surface area contributed by atoms with Crippen LogP contribution in [0.25, 0.3) is 0 Å². The van der Waals surface area contributed by atoms with Crippen molar-refractivity contribution in [2.45, 2.75) is 53.6 Å². The van der Waals surface area contributed by atoms with E-state index in [9.17, 15) is 0 Å². The van der Waals surface area contributed by atoms with Crippen molar-refractivity contribution in [3.8, 4) is 0 Å². The van der Waals surface area contributed by atoms with E-state index in [0.717, 1.165) is 13.0 Å². The highest BCUT2D eigenvalue weighted by Crippen LogP contribution is 2.30. The van der Waals surface area contributed by atoms with Crippen LogP contribution in [0.5, 0.6) is 0 Å². The van der Waals surface area contributed by atoms with E-state index < -0.39 is 0 Å². The Balaban J connectivity index is 2.29. The molecule has 0 N–H and O–H groups in total. The smallest absolute Gasteiger partial charge is 0.0981 e. The average Bonchev–Trinajstić information content (AvgIpc) is 2.32. The molecule has 0 amide bonds. The zero-order chi connectivity index (χ0) is 10.8. The molecule has 1 saturated heterocycles. The highest BCUT2D eigenvalue weighted by atomic mass is 17.2. The van der Waals surface area contributed by atoms with Gasteiger partial charge < -0.3 is 0 Å². The summed E-state index contributed by atoms with van der Waals surface area (Å²) >= 11 is 0. The Kier molecular flexibility index (Phi) is 3.96. The van der Waals surface area contributed by atoms with Crippen LogP contribution in [0.4, 0.5) is 0 Å². The van der Waals surface area contributed by atoms with Gasteiger partial charge in [0.05, 0.1) is 12.7 Å². The summed E-state index contributed by atoms with van der Waals surface area (Å²) < 4.78 is 0. The van der Waals surface area contributed by atoms with Crippen LogP contribution in [-0.2, 0) is 9.78 Å². The van der Waals surface area contributed by atoms with Crippen molar-refractivity contribution < 1.29 is 9.78 Å². The van der Waals surface area contributed by atoms with Crippen molar-refractivity contribution in [1.82, 2.24) is 0 Å². The van der Waals surface area contributed by atoms with Gasteiger partial charge in [-0.05, 0) is 24.2 Å². The molecular weight excluding hydrogens is 176 g/mol. The summed E-state index contributed by atoms with van der Waals surface area (Å²) in [6.07, 6.45) is 2.69. The van der Waals surface area contributed by atoms with Gasteiger partial charge in [-0.2, -0.15) is 0 Å². The molecule has 0 radical (unpaired) electrons. The number of rotatable bonds is 3. The highest BCUT2D eigenvalue weighted by molar-refractivity contribution is 4.74. The Hall–Kier alpha value is -0.0800. The van der Waals surface area contributed by atoms with Gasteiger partial charge in [-0.15, -0.1) is 0 Å². The maximum absolute atomic E-state index is 5.25. The zero-order valence-corrected chi connectivity index (χ0v) is 10.2. The molecule has 0 saturated carbocycles. The third kappa shape index (κ3) is 3.97. The molecule has 2 nitrogen and oxygen atoms in total. The van der Waals surface area contributed by atoms with Crippen molar-refractivity contribution in [3.63, 3.8) is 0 Å². The topological polar surface area (TPSA) is 18.5 Å². The van der Waals surface area contributed by atoms with Gasteiger partial charge in [-0.1, -0.05) is 34.6 Å². The van der Waals surface area contributed by atoms with Gasteiger partial charge in [0.15, 0.2) is 0 Å². The number of hydrogen-bond acceptors (Lipinski definition) is 2. The van der Waals surface area contributed by atoms with Crippen LogP contribution in [0.3, 0.4) is 0 Å². The van der Waals surface area contributed by atoms with E-state index in [-0.39, 0.29) is 0 Å². The molecule has 1 fully saturated rings. The van der Waals surface area contributed by atoms with Crippen LogP contribution < -0.4 is 0 Å². The van der Waals surface area contributed by atoms with Crippen LogP contribution in [0.1, 0.15) is 47.5 Å². The Morgan fingerprint density at radius 3 is 2.43 bits per heavy atom. The van der Waals surface area contributed by atoms with Crippen molar-refractivity contribution in [2.75, 3.05) is 6.61 Å². The molecule has 1 aliphatic heterocycles. The minimum atomic E-state index is 0.312. The van der Waals surface area contributed by atoms with Crippen LogP contribution in [-0.4, -0.2) is 12.7 Å². The Labute approximate surface area is 87.9 Å². The molecule has 0 spiro atoms. The first-order valence-corrected chi connectivity index (χ1v) is 5.67. The normalized spacial score (nSPS) is 30.6. The predicted molar refractivity (Wildman–Crippen MR) is 57.8 cm³/mol. The second-order valence-electron chi connectivity index (χ2n) is 6.00. The summed E-state index contributed by atoms with van der Waals surface area (Å²) in [5.41, 5.74) is 0.419. The lowest BCUT2D eigenvalue weighted by molar-refractivity contribution is -0.277. The van der Waals surface area contributed by atoms with Crippen LogP contribution >= 0.6 is 0 Å². The van der Waals surface area contributed by atoms with Crippen LogP contribution in [0.15, 0.2) is 0 Å². The van der Waals surface area contributed by atoms with E-state index in [4.69, 9.17) is 9.78 Å². The summed E-state index contributed by atoms with van der Waals surface area (Å²) in [7, 11) is 0. The molecule has 3 unspecified atom stereocenters. The lowest BCUT2D eigenvalue weighted by Gasteiger charge is -2.25. The predicted octanol–water partition coefficient (Wildman–Crippen LogP) is 3.42. The monoisotopic (exact) mass is 200 g/mol. The van der Waals surface area contributed by atoms with Crippen molar-refractivity contribution in [1.29, 1.82) is 0 Å². The molecule has 1 rings (SSSR count). The molecule has 2 heteroatoms.